The first-order valence-corrected chi connectivity index (χ1v) is 6.50. The Morgan fingerprint density at radius 1 is 1.18 bits per heavy atom. The van der Waals surface area contributed by atoms with Crippen molar-refractivity contribution in [2.75, 3.05) is 11.9 Å². The molecule has 3 rings (SSSR count). The van der Waals surface area contributed by atoms with Crippen LogP contribution < -0.4 is 4.90 Å². The highest BCUT2D eigenvalue weighted by molar-refractivity contribution is 5.56. The standard InChI is InChI=1S/C16H19N/c1-17-15-10-6-5-9-14(15)11-12-16(17)13-7-3-2-4-8-13/h2-7,9-10,13,16H,8,11-12H2,1H3/t13?,16-/m1/s1. The molecule has 0 saturated carbocycles. The highest BCUT2D eigenvalue weighted by Gasteiger charge is 2.28. The molecule has 1 heterocycles. The van der Waals surface area contributed by atoms with Gasteiger partial charge in [0.15, 0.2) is 0 Å². The maximum atomic E-state index is 2.48. The fourth-order valence-electron chi connectivity index (χ4n) is 3.13. The van der Waals surface area contributed by atoms with Gasteiger partial charge in [-0.1, -0.05) is 42.5 Å². The number of benzene rings is 1. The smallest absolute Gasteiger partial charge is 0.0398 e. The van der Waals surface area contributed by atoms with Gasteiger partial charge in [-0.05, 0) is 30.9 Å². The molecule has 88 valence electrons. The molecule has 0 aromatic heterocycles. The van der Waals surface area contributed by atoms with Crippen molar-refractivity contribution in [3.8, 4) is 0 Å². The Labute approximate surface area is 103 Å². The molecule has 1 nitrogen and oxygen atoms in total. The maximum Gasteiger partial charge on any atom is 0.0398 e. The summed E-state index contributed by atoms with van der Waals surface area (Å²) in [4.78, 5) is 2.48. The molecule has 2 aliphatic rings. The summed E-state index contributed by atoms with van der Waals surface area (Å²) in [6.45, 7) is 0. The summed E-state index contributed by atoms with van der Waals surface area (Å²) < 4.78 is 0. The summed E-state index contributed by atoms with van der Waals surface area (Å²) in [7, 11) is 2.24. The lowest BCUT2D eigenvalue weighted by molar-refractivity contribution is 0.440. The van der Waals surface area contributed by atoms with E-state index in [0.29, 0.717) is 12.0 Å². The van der Waals surface area contributed by atoms with E-state index in [1.807, 2.05) is 0 Å². The molecule has 1 aromatic rings. The number of nitrogens with zero attached hydrogens (tertiary/aromatic N) is 1. The number of hydrogen-bond acceptors (Lipinski definition) is 1. The lowest BCUT2D eigenvalue weighted by atomic mass is 9.84. The predicted molar refractivity (Wildman–Crippen MR) is 73.3 cm³/mol. The third-order valence-corrected chi connectivity index (χ3v) is 4.09. The van der Waals surface area contributed by atoms with Gasteiger partial charge in [0, 0.05) is 24.7 Å². The van der Waals surface area contributed by atoms with Crippen LogP contribution in [0, 0.1) is 5.92 Å². The van der Waals surface area contributed by atoms with Crippen LogP contribution in [0.15, 0.2) is 48.6 Å². The van der Waals surface area contributed by atoms with Crippen LogP contribution in [0.1, 0.15) is 18.4 Å². The topological polar surface area (TPSA) is 3.24 Å². The summed E-state index contributed by atoms with van der Waals surface area (Å²) in [5, 5.41) is 0. The highest BCUT2D eigenvalue weighted by atomic mass is 15.1. The number of para-hydroxylation sites is 1. The first-order chi connectivity index (χ1) is 8.36. The molecule has 17 heavy (non-hydrogen) atoms. The van der Waals surface area contributed by atoms with E-state index in [9.17, 15) is 0 Å². The average molecular weight is 225 g/mol. The van der Waals surface area contributed by atoms with Crippen LogP contribution in [0.5, 0.6) is 0 Å². The molecular formula is C16H19N. The fourth-order valence-corrected chi connectivity index (χ4v) is 3.13. The van der Waals surface area contributed by atoms with Crippen LogP contribution in [0.3, 0.4) is 0 Å². The van der Waals surface area contributed by atoms with Gasteiger partial charge in [0.05, 0.1) is 0 Å². The summed E-state index contributed by atoms with van der Waals surface area (Å²) in [6.07, 6.45) is 12.7. The monoisotopic (exact) mass is 225 g/mol. The molecule has 0 bridgehead atoms. The van der Waals surface area contributed by atoms with Gasteiger partial charge in [0.1, 0.15) is 0 Å². The van der Waals surface area contributed by atoms with E-state index in [1.54, 1.807) is 0 Å². The molecular weight excluding hydrogens is 206 g/mol. The van der Waals surface area contributed by atoms with Crippen molar-refractivity contribution in [3.05, 3.63) is 54.1 Å². The molecule has 0 N–H and O–H groups in total. The van der Waals surface area contributed by atoms with Crippen LogP contribution in [0.2, 0.25) is 0 Å². The molecule has 2 atom stereocenters. The van der Waals surface area contributed by atoms with E-state index in [4.69, 9.17) is 0 Å². The molecule has 1 aliphatic carbocycles. The van der Waals surface area contributed by atoms with Crippen LogP contribution in [-0.4, -0.2) is 13.1 Å². The van der Waals surface area contributed by atoms with Crippen LogP contribution in [0.25, 0.3) is 0 Å². The van der Waals surface area contributed by atoms with E-state index < -0.39 is 0 Å². The van der Waals surface area contributed by atoms with Crippen molar-refractivity contribution in [2.24, 2.45) is 5.92 Å². The van der Waals surface area contributed by atoms with E-state index in [2.05, 4.69) is 60.5 Å². The second kappa shape index (κ2) is 4.40. The largest absolute Gasteiger partial charge is 0.371 e. The van der Waals surface area contributed by atoms with Gasteiger partial charge in [-0.25, -0.2) is 0 Å². The minimum atomic E-state index is 0.658. The van der Waals surface area contributed by atoms with Gasteiger partial charge in [-0.2, -0.15) is 0 Å². The van der Waals surface area contributed by atoms with Crippen LogP contribution >= 0.6 is 0 Å². The second-order valence-electron chi connectivity index (χ2n) is 5.06. The van der Waals surface area contributed by atoms with E-state index in [-0.39, 0.29) is 0 Å². The van der Waals surface area contributed by atoms with Crippen molar-refractivity contribution >= 4 is 5.69 Å². The minimum Gasteiger partial charge on any atom is -0.371 e. The quantitative estimate of drug-likeness (QED) is 0.706. The molecule has 1 aliphatic heterocycles. The SMILES string of the molecule is CN1c2ccccc2CC[C@@H]1C1C=CC=CC1. The Balaban J connectivity index is 1.86. The van der Waals surface area contributed by atoms with Crippen LogP contribution in [-0.2, 0) is 6.42 Å². The van der Waals surface area contributed by atoms with Crippen molar-refractivity contribution in [2.45, 2.75) is 25.3 Å². The Hall–Kier alpha value is -1.50. The van der Waals surface area contributed by atoms with Crippen molar-refractivity contribution in [1.82, 2.24) is 0 Å². The molecule has 1 aromatic carbocycles. The molecule has 1 heteroatoms. The number of fused-ring (bicyclic) bond motifs is 1. The minimum absolute atomic E-state index is 0.658. The molecule has 0 spiro atoms. The Kier molecular flexibility index (Phi) is 2.76. The molecule has 0 radical (unpaired) electrons. The Bertz CT molecular complexity index is 458. The Morgan fingerprint density at radius 2 is 2.06 bits per heavy atom. The summed E-state index contributed by atoms with van der Waals surface area (Å²) >= 11 is 0. The first-order valence-electron chi connectivity index (χ1n) is 6.50. The highest BCUT2D eigenvalue weighted by Crippen LogP contribution is 2.34. The number of aryl methyl sites for hydroxylation is 1. The number of anilines is 1. The van der Waals surface area contributed by atoms with Gasteiger partial charge in [-0.15, -0.1) is 0 Å². The van der Waals surface area contributed by atoms with Crippen molar-refractivity contribution in [1.29, 1.82) is 0 Å². The fraction of sp³-hybridized carbons (Fsp3) is 0.375. The van der Waals surface area contributed by atoms with Crippen molar-refractivity contribution in [3.63, 3.8) is 0 Å². The third-order valence-electron chi connectivity index (χ3n) is 4.09. The number of rotatable bonds is 1. The molecule has 0 fully saturated rings. The molecule has 0 amide bonds. The van der Waals surface area contributed by atoms with Gasteiger partial charge in [0.25, 0.3) is 0 Å². The summed E-state index contributed by atoms with van der Waals surface area (Å²) in [5.41, 5.74) is 2.92. The zero-order valence-electron chi connectivity index (χ0n) is 10.3. The molecule has 0 saturated heterocycles. The van der Waals surface area contributed by atoms with E-state index >= 15 is 0 Å². The van der Waals surface area contributed by atoms with Gasteiger partial charge >= 0.3 is 0 Å². The van der Waals surface area contributed by atoms with E-state index in [0.717, 1.165) is 0 Å². The normalized spacial score (nSPS) is 27.0. The average Bonchev–Trinajstić information content (AvgIpc) is 2.40. The third kappa shape index (κ3) is 1.90. The van der Waals surface area contributed by atoms with Gasteiger partial charge < -0.3 is 4.90 Å². The lowest BCUT2D eigenvalue weighted by Gasteiger charge is -2.40. The Morgan fingerprint density at radius 3 is 2.88 bits per heavy atom. The molecule has 1 unspecified atom stereocenters. The number of hydrogen-bond donors (Lipinski definition) is 0. The number of allylic oxidation sites excluding steroid dienone is 3. The summed E-state index contributed by atoms with van der Waals surface area (Å²) in [5.74, 6) is 0.679. The first kappa shape index (κ1) is 10.6. The van der Waals surface area contributed by atoms with Gasteiger partial charge in [0.2, 0.25) is 0 Å². The zero-order chi connectivity index (χ0) is 11.7. The second-order valence-corrected chi connectivity index (χ2v) is 5.06. The van der Waals surface area contributed by atoms with E-state index in [1.165, 1.54) is 30.5 Å². The predicted octanol–water partition coefficient (Wildman–Crippen LogP) is 3.57. The van der Waals surface area contributed by atoms with Crippen LogP contribution in [0.4, 0.5) is 5.69 Å². The zero-order valence-corrected chi connectivity index (χ0v) is 10.3. The van der Waals surface area contributed by atoms with Gasteiger partial charge in [-0.3, -0.25) is 0 Å². The van der Waals surface area contributed by atoms with Crippen molar-refractivity contribution < 1.29 is 0 Å². The lowest BCUT2D eigenvalue weighted by Crippen LogP contribution is -2.41. The maximum absolute atomic E-state index is 2.48. The summed E-state index contributed by atoms with van der Waals surface area (Å²) in [6, 6.07) is 9.47.